The standard InChI is InChI=1S/C36H37BrO6/c37-22-21-32(38)34(41-24-29-15-7-2-8-16-29)36(43-26-31-19-11-4-12-20-31)35(42-25-30-17-9-3-10-18-30)33(39)27-40-23-28-13-5-1-6-14-28/h1-20,32-36,38-39H,23-27H2/t32-,33-,34-,35-,36-/m1/s1. The monoisotopic (exact) mass is 644 g/mol. The fourth-order valence-corrected chi connectivity index (χ4v) is 4.81. The van der Waals surface area contributed by atoms with Crippen LogP contribution in [0.5, 0.6) is 0 Å². The van der Waals surface area contributed by atoms with Crippen molar-refractivity contribution in [3.63, 3.8) is 0 Å². The Hall–Kier alpha value is -3.32. The molecular formula is C36H37BrO6. The molecule has 0 aliphatic heterocycles. The molecule has 0 saturated carbocycles. The third-order valence-corrected chi connectivity index (χ3v) is 7.03. The van der Waals surface area contributed by atoms with Crippen molar-refractivity contribution in [3.05, 3.63) is 144 Å². The molecule has 6 nitrogen and oxygen atoms in total. The lowest BCUT2D eigenvalue weighted by molar-refractivity contribution is -0.200. The van der Waals surface area contributed by atoms with Crippen molar-refractivity contribution in [2.24, 2.45) is 0 Å². The molecule has 2 N–H and O–H groups in total. The smallest absolute Gasteiger partial charge is 0.144 e. The zero-order valence-corrected chi connectivity index (χ0v) is 25.5. The van der Waals surface area contributed by atoms with Crippen LogP contribution < -0.4 is 0 Å². The lowest BCUT2D eigenvalue weighted by Crippen LogP contribution is -2.53. The van der Waals surface area contributed by atoms with Crippen molar-refractivity contribution >= 4 is 15.9 Å². The minimum absolute atomic E-state index is 0.0226. The predicted octanol–water partition coefficient (Wildman–Crippen LogP) is 6.04. The first-order chi connectivity index (χ1) is 21.1. The highest BCUT2D eigenvalue weighted by molar-refractivity contribution is 9.12. The first kappa shape index (κ1) is 32.6. The molecule has 0 fully saturated rings. The molecule has 0 amide bonds. The van der Waals surface area contributed by atoms with Crippen molar-refractivity contribution in [1.82, 2.24) is 0 Å². The molecule has 0 bridgehead atoms. The molecule has 5 atom stereocenters. The van der Waals surface area contributed by atoms with E-state index in [1.807, 2.05) is 121 Å². The van der Waals surface area contributed by atoms with Crippen LogP contribution >= 0.6 is 15.9 Å². The second-order valence-electron chi connectivity index (χ2n) is 10.0. The van der Waals surface area contributed by atoms with E-state index >= 15 is 0 Å². The molecule has 4 rings (SSSR count). The number of aliphatic hydroxyl groups excluding tert-OH is 2. The van der Waals surface area contributed by atoms with Crippen LogP contribution in [0, 0.1) is 10.8 Å². The molecule has 224 valence electrons. The van der Waals surface area contributed by atoms with Crippen LogP contribution in [0.3, 0.4) is 0 Å². The van der Waals surface area contributed by atoms with Crippen molar-refractivity contribution in [1.29, 1.82) is 0 Å². The summed E-state index contributed by atoms with van der Waals surface area (Å²) in [6, 6.07) is 38.8. The van der Waals surface area contributed by atoms with Gasteiger partial charge in [0, 0.05) is 15.9 Å². The van der Waals surface area contributed by atoms with E-state index in [4.69, 9.17) is 18.9 Å². The van der Waals surface area contributed by atoms with Gasteiger partial charge in [0.15, 0.2) is 0 Å². The lowest BCUT2D eigenvalue weighted by Gasteiger charge is -2.37. The number of benzene rings is 4. The molecule has 0 saturated heterocycles. The Morgan fingerprint density at radius 2 is 0.884 bits per heavy atom. The maximum atomic E-state index is 11.6. The molecule has 0 aliphatic rings. The summed E-state index contributed by atoms with van der Waals surface area (Å²) in [4.78, 5) is 2.60. The van der Waals surface area contributed by atoms with Crippen LogP contribution in [0.1, 0.15) is 22.3 Å². The summed E-state index contributed by atoms with van der Waals surface area (Å²) in [5.41, 5.74) is 3.75. The molecule has 0 aliphatic carbocycles. The molecule has 0 radical (unpaired) electrons. The summed E-state index contributed by atoms with van der Waals surface area (Å²) in [5.74, 6) is 2.74. The Labute approximate surface area is 262 Å². The Morgan fingerprint density at radius 3 is 1.30 bits per heavy atom. The van der Waals surface area contributed by atoms with Crippen LogP contribution in [0.2, 0.25) is 0 Å². The number of ether oxygens (including phenoxy) is 4. The lowest BCUT2D eigenvalue weighted by atomic mass is 9.98. The molecule has 0 spiro atoms. The van der Waals surface area contributed by atoms with Crippen LogP contribution in [0.4, 0.5) is 0 Å². The topological polar surface area (TPSA) is 77.4 Å². The molecule has 4 aromatic rings. The maximum absolute atomic E-state index is 11.6. The van der Waals surface area contributed by atoms with Gasteiger partial charge >= 0.3 is 0 Å². The van der Waals surface area contributed by atoms with Gasteiger partial charge in [-0.25, -0.2) is 0 Å². The van der Waals surface area contributed by atoms with Gasteiger partial charge in [-0.3, -0.25) is 0 Å². The van der Waals surface area contributed by atoms with Crippen LogP contribution in [0.25, 0.3) is 0 Å². The zero-order valence-electron chi connectivity index (χ0n) is 23.9. The Kier molecular flexibility index (Phi) is 13.9. The highest BCUT2D eigenvalue weighted by Crippen LogP contribution is 2.23. The second kappa shape index (κ2) is 18.4. The van der Waals surface area contributed by atoms with Gasteiger partial charge in [0.1, 0.15) is 30.5 Å². The van der Waals surface area contributed by atoms with Gasteiger partial charge in [0.05, 0.1) is 33.0 Å². The average molecular weight is 646 g/mol. The third kappa shape index (κ3) is 11.0. The number of rotatable bonds is 17. The van der Waals surface area contributed by atoms with Crippen LogP contribution in [0.15, 0.2) is 121 Å². The first-order valence-corrected chi connectivity index (χ1v) is 15.0. The number of halogens is 1. The Morgan fingerprint density at radius 1 is 0.512 bits per heavy atom. The number of hydrogen-bond donors (Lipinski definition) is 2. The van der Waals surface area contributed by atoms with Gasteiger partial charge in [-0.05, 0) is 27.1 Å². The Bertz CT molecular complexity index is 1360. The van der Waals surface area contributed by atoms with Gasteiger partial charge in [0.25, 0.3) is 0 Å². The first-order valence-electron chi connectivity index (χ1n) is 14.2. The van der Waals surface area contributed by atoms with Gasteiger partial charge in [0.2, 0.25) is 0 Å². The summed E-state index contributed by atoms with van der Waals surface area (Å²) in [7, 11) is 0. The predicted molar refractivity (Wildman–Crippen MR) is 170 cm³/mol. The fourth-order valence-electron chi connectivity index (χ4n) is 4.57. The number of hydrogen-bond acceptors (Lipinski definition) is 6. The summed E-state index contributed by atoms with van der Waals surface area (Å²) in [6.07, 6.45) is -5.19. The maximum Gasteiger partial charge on any atom is 0.144 e. The van der Waals surface area contributed by atoms with Gasteiger partial charge in [-0.15, -0.1) is 0 Å². The zero-order chi connectivity index (χ0) is 30.1. The van der Waals surface area contributed by atoms with Gasteiger partial charge < -0.3 is 29.2 Å². The highest BCUT2D eigenvalue weighted by atomic mass is 79.9. The summed E-state index contributed by atoms with van der Waals surface area (Å²) in [6.45, 7) is 0.908. The average Bonchev–Trinajstić information content (AvgIpc) is 3.05. The molecule has 0 aromatic heterocycles. The van der Waals surface area contributed by atoms with E-state index in [-0.39, 0.29) is 26.4 Å². The van der Waals surface area contributed by atoms with E-state index in [1.165, 1.54) is 0 Å². The summed E-state index contributed by atoms with van der Waals surface area (Å²) in [5, 5.41) is 22.8. The molecule has 43 heavy (non-hydrogen) atoms. The minimum Gasteiger partial charge on any atom is -0.388 e. The third-order valence-electron chi connectivity index (χ3n) is 6.80. The molecule has 7 heteroatoms. The van der Waals surface area contributed by atoms with Gasteiger partial charge in [-0.2, -0.15) is 0 Å². The normalized spacial score (nSPS) is 14.6. The summed E-state index contributed by atoms with van der Waals surface area (Å²) >= 11 is 3.10. The van der Waals surface area contributed by atoms with Crippen molar-refractivity contribution < 1.29 is 29.2 Å². The molecule has 4 aromatic carbocycles. The van der Waals surface area contributed by atoms with Gasteiger partial charge in [-0.1, -0.05) is 127 Å². The van der Waals surface area contributed by atoms with E-state index in [1.54, 1.807) is 0 Å². The molecular weight excluding hydrogens is 608 g/mol. The molecule has 0 heterocycles. The van der Waals surface area contributed by atoms with E-state index in [2.05, 4.69) is 26.7 Å². The van der Waals surface area contributed by atoms with E-state index in [0.717, 1.165) is 22.3 Å². The second-order valence-corrected chi connectivity index (χ2v) is 10.4. The minimum atomic E-state index is -1.25. The van der Waals surface area contributed by atoms with Crippen molar-refractivity contribution in [3.8, 4) is 10.8 Å². The Balaban J connectivity index is 1.62. The van der Waals surface area contributed by atoms with Crippen LogP contribution in [-0.2, 0) is 45.4 Å². The van der Waals surface area contributed by atoms with E-state index < -0.39 is 30.5 Å². The van der Waals surface area contributed by atoms with E-state index in [0.29, 0.717) is 6.61 Å². The number of aliphatic hydroxyl groups is 2. The summed E-state index contributed by atoms with van der Waals surface area (Å²) < 4.78 is 25.1. The quantitative estimate of drug-likeness (QED) is 0.137. The SMILES string of the molecule is O[C@H](C#CBr)[C@@H](OCc1ccccc1)[C@@H](OCc1ccccc1)[C@H](OCc1ccccc1)[C@H](O)COCc1ccccc1. The largest absolute Gasteiger partial charge is 0.388 e. The molecule has 0 unspecified atom stereocenters. The fraction of sp³-hybridized carbons (Fsp3) is 0.278. The van der Waals surface area contributed by atoms with Crippen molar-refractivity contribution in [2.75, 3.05) is 6.61 Å². The van der Waals surface area contributed by atoms with Crippen molar-refractivity contribution in [2.45, 2.75) is 56.9 Å². The van der Waals surface area contributed by atoms with E-state index in [9.17, 15) is 10.2 Å². The van der Waals surface area contributed by atoms with Crippen LogP contribution in [-0.4, -0.2) is 47.3 Å². The highest BCUT2D eigenvalue weighted by Gasteiger charge is 2.40.